The Kier molecular flexibility index (Phi) is 5.25. The second-order valence-corrected chi connectivity index (χ2v) is 6.81. The number of hydrogen-bond donors (Lipinski definition) is 0. The molecule has 2 heterocycles. The van der Waals surface area contributed by atoms with Crippen molar-refractivity contribution in [2.75, 3.05) is 31.1 Å². The first kappa shape index (κ1) is 18.4. The standard InChI is InChI=1S/C21H21FN3O3/c22-19-15-23(11-12-24(19)20(26)16-7-3-1-4-8-16)13-18-14-25(21(27)28-18)17-9-5-2-6-10-17/h1-10,13,18-19H,11-12,14-15H2. The summed E-state index contributed by atoms with van der Waals surface area (Å²) in [7, 11) is 0. The molecule has 28 heavy (non-hydrogen) atoms. The van der Waals surface area contributed by atoms with Crippen LogP contribution in [-0.4, -0.2) is 60.4 Å². The van der Waals surface area contributed by atoms with E-state index in [1.54, 1.807) is 40.6 Å². The summed E-state index contributed by atoms with van der Waals surface area (Å²) in [5, 5.41) is 0. The number of cyclic esters (lactones) is 1. The predicted octanol–water partition coefficient (Wildman–Crippen LogP) is 2.93. The van der Waals surface area contributed by atoms with Gasteiger partial charge in [0, 0.05) is 30.9 Å². The van der Waals surface area contributed by atoms with Crippen LogP contribution in [0.1, 0.15) is 10.4 Å². The summed E-state index contributed by atoms with van der Waals surface area (Å²) in [5.41, 5.74) is 1.25. The first-order valence-electron chi connectivity index (χ1n) is 9.24. The number of halogens is 1. The fourth-order valence-corrected chi connectivity index (χ4v) is 3.49. The third-order valence-electron chi connectivity index (χ3n) is 4.91. The van der Waals surface area contributed by atoms with Gasteiger partial charge in [-0.3, -0.25) is 14.6 Å². The van der Waals surface area contributed by atoms with Gasteiger partial charge in [-0.1, -0.05) is 36.4 Å². The fourth-order valence-electron chi connectivity index (χ4n) is 3.49. The van der Waals surface area contributed by atoms with Crippen LogP contribution < -0.4 is 4.90 Å². The lowest BCUT2D eigenvalue weighted by Gasteiger charge is -2.37. The van der Waals surface area contributed by atoms with E-state index < -0.39 is 18.5 Å². The van der Waals surface area contributed by atoms with Gasteiger partial charge >= 0.3 is 6.09 Å². The molecule has 0 N–H and O–H groups in total. The Morgan fingerprint density at radius 2 is 1.68 bits per heavy atom. The summed E-state index contributed by atoms with van der Waals surface area (Å²) in [6.45, 7) is 2.94. The molecular formula is C21H21FN3O3. The molecule has 2 atom stereocenters. The van der Waals surface area contributed by atoms with E-state index in [0.29, 0.717) is 18.7 Å². The van der Waals surface area contributed by atoms with E-state index in [-0.39, 0.29) is 19.0 Å². The summed E-state index contributed by atoms with van der Waals surface area (Å²) in [4.78, 5) is 29.2. The van der Waals surface area contributed by atoms with Crippen molar-refractivity contribution in [1.29, 1.82) is 0 Å². The molecule has 2 fully saturated rings. The van der Waals surface area contributed by atoms with E-state index >= 15 is 0 Å². The first-order chi connectivity index (χ1) is 13.6. The topological polar surface area (TPSA) is 53.1 Å². The van der Waals surface area contributed by atoms with Gasteiger partial charge in [-0.15, -0.1) is 0 Å². The van der Waals surface area contributed by atoms with Gasteiger partial charge in [0.2, 0.25) is 0 Å². The first-order valence-corrected chi connectivity index (χ1v) is 9.24. The third kappa shape index (κ3) is 3.84. The van der Waals surface area contributed by atoms with Gasteiger partial charge in [0.1, 0.15) is 6.10 Å². The number of anilines is 1. The van der Waals surface area contributed by atoms with Crippen LogP contribution in [-0.2, 0) is 4.74 Å². The maximum absolute atomic E-state index is 14.7. The number of hydrogen-bond acceptors (Lipinski definition) is 4. The van der Waals surface area contributed by atoms with Crippen LogP contribution in [0.5, 0.6) is 0 Å². The largest absolute Gasteiger partial charge is 0.442 e. The maximum atomic E-state index is 14.7. The second kappa shape index (κ2) is 7.98. The fraction of sp³-hybridized carbons (Fsp3) is 0.286. The number of para-hydroxylation sites is 1. The van der Waals surface area contributed by atoms with Crippen molar-refractivity contribution in [2.24, 2.45) is 0 Å². The molecule has 0 spiro atoms. The van der Waals surface area contributed by atoms with Crippen molar-refractivity contribution < 1.29 is 18.7 Å². The van der Waals surface area contributed by atoms with Crippen LogP contribution in [0, 0.1) is 6.54 Å². The van der Waals surface area contributed by atoms with E-state index in [4.69, 9.17) is 4.74 Å². The lowest BCUT2D eigenvalue weighted by Crippen LogP contribution is -2.53. The van der Waals surface area contributed by atoms with Crippen LogP contribution in [0.4, 0.5) is 14.9 Å². The van der Waals surface area contributed by atoms with Crippen LogP contribution in [0.15, 0.2) is 60.7 Å². The molecule has 145 valence electrons. The average Bonchev–Trinajstić information content (AvgIpc) is 3.09. The summed E-state index contributed by atoms with van der Waals surface area (Å²) in [6, 6.07) is 18.0. The van der Waals surface area contributed by atoms with Gasteiger partial charge in [-0.2, -0.15) is 0 Å². The summed E-state index contributed by atoms with van der Waals surface area (Å²) < 4.78 is 20.0. The Bertz CT molecular complexity index is 833. The molecular weight excluding hydrogens is 361 g/mol. The molecule has 7 heteroatoms. The van der Waals surface area contributed by atoms with Gasteiger partial charge in [-0.25, -0.2) is 9.18 Å². The van der Waals surface area contributed by atoms with Gasteiger partial charge in [-0.05, 0) is 24.3 Å². The minimum Gasteiger partial charge on any atom is -0.442 e. The van der Waals surface area contributed by atoms with Crippen molar-refractivity contribution in [3.63, 3.8) is 0 Å². The highest BCUT2D eigenvalue weighted by atomic mass is 19.1. The summed E-state index contributed by atoms with van der Waals surface area (Å²) in [5.74, 6) is -0.310. The average molecular weight is 382 g/mol. The molecule has 2 aromatic carbocycles. The zero-order chi connectivity index (χ0) is 19.5. The number of carbonyl (C=O) groups excluding carboxylic acids is 2. The van der Waals surface area contributed by atoms with E-state index in [9.17, 15) is 14.0 Å². The monoisotopic (exact) mass is 382 g/mol. The molecule has 2 saturated heterocycles. The minimum atomic E-state index is -1.42. The number of piperazine rings is 1. The van der Waals surface area contributed by atoms with Gasteiger partial charge in [0.15, 0.2) is 6.30 Å². The molecule has 1 radical (unpaired) electrons. The molecule has 2 amide bonds. The minimum absolute atomic E-state index is 0.0535. The predicted molar refractivity (Wildman–Crippen MR) is 102 cm³/mol. The number of benzene rings is 2. The summed E-state index contributed by atoms with van der Waals surface area (Å²) in [6.07, 6.45) is -2.28. The lowest BCUT2D eigenvalue weighted by atomic mass is 10.1. The normalized spacial score (nSPS) is 23.0. The zero-order valence-corrected chi connectivity index (χ0v) is 15.3. The van der Waals surface area contributed by atoms with Crippen molar-refractivity contribution in [2.45, 2.75) is 12.4 Å². The summed E-state index contributed by atoms with van der Waals surface area (Å²) >= 11 is 0. The van der Waals surface area contributed by atoms with Gasteiger partial charge in [0.25, 0.3) is 5.91 Å². The van der Waals surface area contributed by atoms with Crippen molar-refractivity contribution in [3.8, 4) is 0 Å². The number of amides is 2. The highest BCUT2D eigenvalue weighted by Crippen LogP contribution is 2.24. The number of rotatable bonds is 4. The Morgan fingerprint density at radius 3 is 2.36 bits per heavy atom. The van der Waals surface area contributed by atoms with Crippen LogP contribution in [0.3, 0.4) is 0 Å². The van der Waals surface area contributed by atoms with Crippen molar-refractivity contribution in [1.82, 2.24) is 9.80 Å². The molecule has 0 aliphatic carbocycles. The third-order valence-corrected chi connectivity index (χ3v) is 4.91. The number of carbonyl (C=O) groups is 2. The Morgan fingerprint density at radius 1 is 1.00 bits per heavy atom. The Labute approximate surface area is 163 Å². The van der Waals surface area contributed by atoms with E-state index in [1.807, 2.05) is 36.4 Å². The highest BCUT2D eigenvalue weighted by molar-refractivity contribution is 5.94. The second-order valence-electron chi connectivity index (χ2n) is 6.81. The molecule has 2 aliphatic rings. The lowest BCUT2D eigenvalue weighted by molar-refractivity contribution is 0.00676. The quantitative estimate of drug-likeness (QED) is 0.763. The Hall–Kier alpha value is -2.93. The van der Waals surface area contributed by atoms with Gasteiger partial charge in [0.05, 0.1) is 13.1 Å². The Balaban J connectivity index is 1.33. The van der Waals surface area contributed by atoms with Crippen molar-refractivity contribution in [3.05, 3.63) is 72.8 Å². The highest BCUT2D eigenvalue weighted by Gasteiger charge is 2.37. The molecule has 0 saturated carbocycles. The zero-order valence-electron chi connectivity index (χ0n) is 15.3. The van der Waals surface area contributed by atoms with E-state index in [0.717, 1.165) is 5.69 Å². The van der Waals surface area contributed by atoms with E-state index in [1.165, 1.54) is 4.90 Å². The molecule has 4 rings (SSSR count). The molecule has 6 nitrogen and oxygen atoms in total. The van der Waals surface area contributed by atoms with Crippen LogP contribution in [0.25, 0.3) is 0 Å². The van der Waals surface area contributed by atoms with Crippen molar-refractivity contribution >= 4 is 17.7 Å². The molecule has 2 aliphatic heterocycles. The van der Waals surface area contributed by atoms with Crippen LogP contribution >= 0.6 is 0 Å². The van der Waals surface area contributed by atoms with E-state index in [2.05, 4.69) is 0 Å². The SMILES string of the molecule is O=C1OC([CH]N2CCN(C(=O)c3ccccc3)C(F)C2)CN1c1ccccc1. The molecule has 0 aromatic heterocycles. The number of alkyl halides is 1. The molecule has 2 aromatic rings. The van der Waals surface area contributed by atoms with Crippen LogP contribution in [0.2, 0.25) is 0 Å². The number of nitrogens with zero attached hydrogens (tertiary/aromatic N) is 3. The van der Waals surface area contributed by atoms with Gasteiger partial charge < -0.3 is 9.64 Å². The molecule has 2 unspecified atom stereocenters. The molecule has 0 bridgehead atoms. The maximum Gasteiger partial charge on any atom is 0.414 e. The smallest absolute Gasteiger partial charge is 0.414 e. The number of ether oxygens (including phenoxy) is 1.